The van der Waals surface area contributed by atoms with Gasteiger partial charge < -0.3 is 4.74 Å². The molecule has 11 heteroatoms. The second-order valence-electron chi connectivity index (χ2n) is 6.43. The van der Waals surface area contributed by atoms with Crippen molar-refractivity contribution in [1.29, 1.82) is 0 Å². The van der Waals surface area contributed by atoms with Crippen LogP contribution in [0.2, 0.25) is 0 Å². The first-order valence-electron chi connectivity index (χ1n) is 7.92. The van der Waals surface area contributed by atoms with E-state index in [1.54, 1.807) is 0 Å². The van der Waals surface area contributed by atoms with E-state index in [0.29, 0.717) is 6.92 Å². The molecular formula is C16H12F5N5O. The zero-order valence-electron chi connectivity index (χ0n) is 13.8. The van der Waals surface area contributed by atoms with Gasteiger partial charge in [-0.3, -0.25) is 9.38 Å². The van der Waals surface area contributed by atoms with Crippen molar-refractivity contribution in [3.63, 3.8) is 0 Å². The van der Waals surface area contributed by atoms with Gasteiger partial charge in [0.1, 0.15) is 6.10 Å². The van der Waals surface area contributed by atoms with Crippen LogP contribution in [0.25, 0.3) is 16.9 Å². The predicted molar refractivity (Wildman–Crippen MR) is 82.1 cm³/mol. The fourth-order valence-electron chi connectivity index (χ4n) is 2.75. The van der Waals surface area contributed by atoms with Gasteiger partial charge in [-0.2, -0.15) is 8.78 Å². The first kappa shape index (κ1) is 17.6. The predicted octanol–water partition coefficient (Wildman–Crippen LogP) is 3.61. The summed E-state index contributed by atoms with van der Waals surface area (Å²) in [7, 11) is 0. The summed E-state index contributed by atoms with van der Waals surface area (Å²) >= 11 is 0. The first-order chi connectivity index (χ1) is 12.6. The normalized spacial score (nSPS) is 17.1. The number of aromatic nitrogens is 5. The van der Waals surface area contributed by atoms with Gasteiger partial charge in [0, 0.05) is 37.7 Å². The third kappa shape index (κ3) is 3.28. The summed E-state index contributed by atoms with van der Waals surface area (Å²) in [5, 5.41) is 7.06. The van der Waals surface area contributed by atoms with Crippen LogP contribution in [0.3, 0.4) is 0 Å². The van der Waals surface area contributed by atoms with Gasteiger partial charge in [-0.1, -0.05) is 0 Å². The van der Waals surface area contributed by atoms with Crippen LogP contribution in [-0.2, 0) is 5.92 Å². The summed E-state index contributed by atoms with van der Waals surface area (Å²) < 4.78 is 73.2. The molecule has 3 aromatic heterocycles. The van der Waals surface area contributed by atoms with Crippen LogP contribution < -0.4 is 4.74 Å². The summed E-state index contributed by atoms with van der Waals surface area (Å²) in [5.41, 5.74) is 0.454. The highest BCUT2D eigenvalue weighted by Gasteiger charge is 2.47. The van der Waals surface area contributed by atoms with Crippen molar-refractivity contribution in [2.45, 2.75) is 37.7 Å². The molecule has 1 aliphatic rings. The average molecular weight is 385 g/mol. The molecule has 0 N–H and O–H groups in total. The maximum atomic E-state index is 14.2. The minimum absolute atomic E-state index is 0.106. The van der Waals surface area contributed by atoms with E-state index in [4.69, 9.17) is 4.74 Å². The lowest BCUT2D eigenvalue weighted by Gasteiger charge is -2.34. The first-order valence-corrected chi connectivity index (χ1v) is 7.92. The number of rotatable bonds is 4. The molecule has 0 aliphatic heterocycles. The molecule has 0 radical (unpaired) electrons. The van der Waals surface area contributed by atoms with Crippen molar-refractivity contribution in [1.82, 2.24) is 24.6 Å². The van der Waals surface area contributed by atoms with E-state index in [0.717, 1.165) is 10.5 Å². The van der Waals surface area contributed by atoms with Crippen molar-refractivity contribution < 1.29 is 26.7 Å². The van der Waals surface area contributed by atoms with E-state index in [2.05, 4.69) is 20.2 Å². The third-order valence-electron chi connectivity index (χ3n) is 4.12. The van der Waals surface area contributed by atoms with Crippen molar-refractivity contribution in [2.24, 2.45) is 0 Å². The van der Waals surface area contributed by atoms with Crippen molar-refractivity contribution in [3.8, 4) is 17.1 Å². The monoisotopic (exact) mass is 385 g/mol. The van der Waals surface area contributed by atoms with E-state index >= 15 is 0 Å². The number of hydrogen-bond donors (Lipinski definition) is 0. The Morgan fingerprint density at radius 3 is 2.56 bits per heavy atom. The Kier molecular flexibility index (Phi) is 3.79. The molecule has 0 aromatic carbocycles. The third-order valence-corrected chi connectivity index (χ3v) is 4.12. The molecular weight excluding hydrogens is 373 g/mol. The summed E-state index contributed by atoms with van der Waals surface area (Å²) in [6.45, 7) is 0.681. The SMILES string of the molecule is CC(F)(F)c1nnc2cnc(-c3cnc(OC4CC(F)(F)C4)c(F)c3)cn12. The highest BCUT2D eigenvalue weighted by atomic mass is 19.3. The molecule has 27 heavy (non-hydrogen) atoms. The largest absolute Gasteiger partial charge is 0.472 e. The molecule has 3 aromatic rings. The van der Waals surface area contributed by atoms with Crippen LogP contribution in [0.4, 0.5) is 22.0 Å². The summed E-state index contributed by atoms with van der Waals surface area (Å²) in [6, 6.07) is 1.04. The summed E-state index contributed by atoms with van der Waals surface area (Å²) in [4.78, 5) is 7.83. The average Bonchev–Trinajstić information content (AvgIpc) is 2.98. The van der Waals surface area contributed by atoms with Gasteiger partial charge in [-0.05, 0) is 6.07 Å². The van der Waals surface area contributed by atoms with Gasteiger partial charge in [0.15, 0.2) is 11.5 Å². The Labute approximate surface area is 149 Å². The van der Waals surface area contributed by atoms with Crippen molar-refractivity contribution in [3.05, 3.63) is 36.3 Å². The van der Waals surface area contributed by atoms with E-state index in [1.807, 2.05) is 0 Å². The molecule has 3 heterocycles. The molecule has 0 unspecified atom stereocenters. The lowest BCUT2D eigenvalue weighted by molar-refractivity contribution is -0.136. The molecule has 4 rings (SSSR count). The fraction of sp³-hybridized carbons (Fsp3) is 0.375. The second kappa shape index (κ2) is 5.83. The Bertz CT molecular complexity index is 1010. The molecule has 0 bridgehead atoms. The fourth-order valence-corrected chi connectivity index (χ4v) is 2.75. The molecule has 142 valence electrons. The topological polar surface area (TPSA) is 65.2 Å². The summed E-state index contributed by atoms with van der Waals surface area (Å²) in [6.07, 6.45) is 1.90. The number of nitrogens with zero attached hydrogens (tertiary/aromatic N) is 5. The molecule has 1 aliphatic carbocycles. The second-order valence-corrected chi connectivity index (χ2v) is 6.43. The van der Waals surface area contributed by atoms with Crippen LogP contribution >= 0.6 is 0 Å². The van der Waals surface area contributed by atoms with Gasteiger partial charge >= 0.3 is 5.92 Å². The van der Waals surface area contributed by atoms with Gasteiger partial charge in [-0.15, -0.1) is 10.2 Å². The van der Waals surface area contributed by atoms with Crippen molar-refractivity contribution in [2.75, 3.05) is 0 Å². The van der Waals surface area contributed by atoms with E-state index < -0.39 is 48.3 Å². The Hall–Kier alpha value is -2.85. The minimum atomic E-state index is -3.23. The molecule has 0 amide bonds. The number of alkyl halides is 4. The number of fused-ring (bicyclic) bond motifs is 1. The number of halogens is 5. The van der Waals surface area contributed by atoms with Crippen LogP contribution in [0.1, 0.15) is 25.6 Å². The quantitative estimate of drug-likeness (QED) is 0.642. The van der Waals surface area contributed by atoms with Crippen LogP contribution in [-0.4, -0.2) is 36.6 Å². The van der Waals surface area contributed by atoms with E-state index in [9.17, 15) is 22.0 Å². The van der Waals surface area contributed by atoms with Gasteiger partial charge in [0.2, 0.25) is 5.82 Å². The van der Waals surface area contributed by atoms with Crippen LogP contribution in [0, 0.1) is 5.82 Å². The summed E-state index contributed by atoms with van der Waals surface area (Å²) in [5.74, 6) is -7.87. The van der Waals surface area contributed by atoms with Crippen LogP contribution in [0.15, 0.2) is 24.7 Å². The molecule has 0 saturated heterocycles. The van der Waals surface area contributed by atoms with Crippen LogP contribution in [0.5, 0.6) is 5.88 Å². The Morgan fingerprint density at radius 2 is 1.93 bits per heavy atom. The van der Waals surface area contributed by atoms with Gasteiger partial charge in [-0.25, -0.2) is 18.2 Å². The lowest BCUT2D eigenvalue weighted by Crippen LogP contribution is -2.43. The zero-order valence-corrected chi connectivity index (χ0v) is 13.8. The van der Waals surface area contributed by atoms with Gasteiger partial charge in [0.25, 0.3) is 11.8 Å². The molecule has 1 saturated carbocycles. The van der Waals surface area contributed by atoms with E-state index in [-0.39, 0.29) is 16.9 Å². The number of hydrogen-bond acceptors (Lipinski definition) is 5. The Balaban J connectivity index is 1.62. The molecule has 1 fully saturated rings. The lowest BCUT2D eigenvalue weighted by atomic mass is 9.91. The smallest absolute Gasteiger partial charge is 0.304 e. The highest BCUT2D eigenvalue weighted by molar-refractivity contribution is 5.59. The minimum Gasteiger partial charge on any atom is -0.472 e. The van der Waals surface area contributed by atoms with Crippen molar-refractivity contribution >= 4 is 5.65 Å². The van der Waals surface area contributed by atoms with Gasteiger partial charge in [0.05, 0.1) is 11.9 Å². The molecule has 6 nitrogen and oxygen atoms in total. The standard InChI is InChI=1S/C16H12F5N5O/c1-15(18,19)14-25-24-12-6-22-11(7-26(12)14)8-2-10(17)13(23-5-8)27-9-3-16(20,21)4-9/h2,5-7,9H,3-4H2,1H3. The maximum Gasteiger partial charge on any atom is 0.304 e. The van der Waals surface area contributed by atoms with E-state index in [1.165, 1.54) is 18.6 Å². The molecule has 0 atom stereocenters. The zero-order chi connectivity index (χ0) is 19.4. The Morgan fingerprint density at radius 1 is 1.19 bits per heavy atom. The maximum absolute atomic E-state index is 14.2. The highest BCUT2D eigenvalue weighted by Crippen LogP contribution is 2.40. The number of ether oxygens (including phenoxy) is 1. The molecule has 0 spiro atoms. The number of pyridine rings is 1.